The number of aromatic nitrogens is 1. The van der Waals surface area contributed by atoms with Crippen molar-refractivity contribution >= 4 is 22.8 Å². The first-order valence-electron chi connectivity index (χ1n) is 7.98. The number of nitrogens with two attached hydrogens (primary N) is 1. The number of epoxide rings is 1. The maximum Gasteiger partial charge on any atom is 0.315 e. The fourth-order valence-corrected chi connectivity index (χ4v) is 4.08. The first kappa shape index (κ1) is 13.7. The van der Waals surface area contributed by atoms with E-state index >= 15 is 0 Å². The Morgan fingerprint density at radius 2 is 2.08 bits per heavy atom. The topological polar surface area (TPSA) is 110 Å². The number of rotatable bonds is 1. The van der Waals surface area contributed by atoms with Gasteiger partial charge in [-0.1, -0.05) is 6.07 Å². The highest BCUT2D eigenvalue weighted by Crippen LogP contribution is 2.43. The zero-order chi connectivity index (χ0) is 16.5. The first-order chi connectivity index (χ1) is 11.5. The van der Waals surface area contributed by atoms with Crippen LogP contribution in [0.3, 0.4) is 0 Å². The molecule has 3 unspecified atom stereocenters. The number of hydrogen-bond acceptors (Lipinski definition) is 4. The average molecular weight is 324 g/mol. The van der Waals surface area contributed by atoms with Crippen LogP contribution < -0.4 is 16.4 Å². The molecule has 1 spiro atoms. The van der Waals surface area contributed by atoms with E-state index < -0.39 is 11.4 Å². The van der Waals surface area contributed by atoms with Crippen molar-refractivity contribution in [3.05, 3.63) is 41.1 Å². The summed E-state index contributed by atoms with van der Waals surface area (Å²) in [4.78, 5) is 27.6. The minimum atomic E-state index is -0.537. The number of carbonyl (C=O) groups excluding carboxylic acids is 2. The maximum atomic E-state index is 12.0. The smallest absolute Gasteiger partial charge is 0.315 e. The van der Waals surface area contributed by atoms with Crippen molar-refractivity contribution in [2.75, 3.05) is 6.54 Å². The van der Waals surface area contributed by atoms with Crippen LogP contribution >= 0.6 is 0 Å². The molecule has 7 heteroatoms. The standard InChI is InChI=1S/C17H16N4O3/c18-15(22)11-2-1-8-3-9-5-17(6-10(9)4-12(8)20-11)14-13(24-14)7-19-16(23)21-17/h1-4,13-14H,5-7H2,(H2,18,22)(H2,19,21,23). The van der Waals surface area contributed by atoms with Crippen molar-refractivity contribution < 1.29 is 14.3 Å². The highest BCUT2D eigenvalue weighted by Gasteiger charge is 2.59. The van der Waals surface area contributed by atoms with E-state index in [0.717, 1.165) is 22.9 Å². The third kappa shape index (κ3) is 1.91. The van der Waals surface area contributed by atoms with Gasteiger partial charge < -0.3 is 21.1 Å². The quantitative estimate of drug-likeness (QED) is 0.653. The number of fused-ring (bicyclic) bond motifs is 4. The van der Waals surface area contributed by atoms with Crippen molar-refractivity contribution in [3.63, 3.8) is 0 Å². The van der Waals surface area contributed by atoms with Gasteiger partial charge >= 0.3 is 6.03 Å². The van der Waals surface area contributed by atoms with Crippen LogP contribution in [-0.4, -0.2) is 41.2 Å². The van der Waals surface area contributed by atoms with Crippen molar-refractivity contribution in [2.24, 2.45) is 5.73 Å². The second-order valence-corrected chi connectivity index (χ2v) is 6.81. The van der Waals surface area contributed by atoms with Gasteiger partial charge in [-0.25, -0.2) is 9.78 Å². The summed E-state index contributed by atoms with van der Waals surface area (Å²) in [5.74, 6) is -0.537. The Kier molecular flexibility index (Phi) is 2.55. The van der Waals surface area contributed by atoms with Crippen LogP contribution in [0.25, 0.3) is 10.9 Å². The second-order valence-electron chi connectivity index (χ2n) is 6.81. The lowest BCUT2D eigenvalue weighted by molar-refractivity contribution is 0.0996. The number of benzene rings is 1. The summed E-state index contributed by atoms with van der Waals surface area (Å²) in [6.45, 7) is 0.556. The monoisotopic (exact) mass is 324 g/mol. The minimum Gasteiger partial charge on any atom is -0.365 e. The Morgan fingerprint density at radius 3 is 2.88 bits per heavy atom. The summed E-state index contributed by atoms with van der Waals surface area (Å²) in [6, 6.07) is 7.43. The number of pyridine rings is 1. The SMILES string of the molecule is NC(=O)c1ccc2cc3c(cc2n1)CC1(C3)NC(=O)NCC2OC21. The van der Waals surface area contributed by atoms with Gasteiger partial charge in [0.25, 0.3) is 5.91 Å². The molecule has 2 fully saturated rings. The van der Waals surface area contributed by atoms with Gasteiger partial charge in [0.05, 0.1) is 11.1 Å². The summed E-state index contributed by atoms with van der Waals surface area (Å²) in [6.07, 6.45) is 1.58. The molecular formula is C17H16N4O3. The van der Waals surface area contributed by atoms with Gasteiger partial charge in [-0.3, -0.25) is 4.79 Å². The van der Waals surface area contributed by atoms with Gasteiger partial charge in [0.1, 0.15) is 17.9 Å². The molecular weight excluding hydrogens is 308 g/mol. The van der Waals surface area contributed by atoms with E-state index in [9.17, 15) is 9.59 Å². The lowest BCUT2D eigenvalue weighted by Gasteiger charge is -2.27. The van der Waals surface area contributed by atoms with E-state index in [2.05, 4.69) is 21.7 Å². The molecule has 3 aliphatic rings. The Balaban J connectivity index is 1.57. The fourth-order valence-electron chi connectivity index (χ4n) is 4.08. The zero-order valence-corrected chi connectivity index (χ0v) is 12.8. The lowest BCUT2D eigenvalue weighted by Crippen LogP contribution is -2.54. The Hall–Kier alpha value is -2.67. The van der Waals surface area contributed by atoms with Crippen molar-refractivity contribution in [1.29, 1.82) is 0 Å². The number of urea groups is 1. The lowest BCUT2D eigenvalue weighted by atomic mass is 9.90. The van der Waals surface area contributed by atoms with E-state index in [1.165, 1.54) is 5.56 Å². The van der Waals surface area contributed by atoms with Gasteiger partial charge in [0.2, 0.25) is 0 Å². The van der Waals surface area contributed by atoms with Crippen molar-refractivity contribution in [1.82, 2.24) is 15.6 Å². The van der Waals surface area contributed by atoms with Crippen LogP contribution in [0.1, 0.15) is 21.6 Å². The van der Waals surface area contributed by atoms with Gasteiger partial charge in [-0.15, -0.1) is 0 Å². The van der Waals surface area contributed by atoms with E-state index in [4.69, 9.17) is 10.5 Å². The summed E-state index contributed by atoms with van der Waals surface area (Å²) < 4.78 is 5.77. The molecule has 3 amide bonds. The van der Waals surface area contributed by atoms with Gasteiger partial charge in [-0.05, 0) is 42.2 Å². The third-order valence-electron chi connectivity index (χ3n) is 5.23. The fraction of sp³-hybridized carbons (Fsp3) is 0.353. The Bertz CT molecular complexity index is 912. The molecule has 7 nitrogen and oxygen atoms in total. The number of hydrogen-bond donors (Lipinski definition) is 3. The number of nitrogens with zero attached hydrogens (tertiary/aromatic N) is 1. The number of amides is 3. The molecule has 3 atom stereocenters. The summed E-state index contributed by atoms with van der Waals surface area (Å²) in [5, 5.41) is 6.90. The molecule has 122 valence electrons. The predicted octanol–water partition coefficient (Wildman–Crippen LogP) is 0.251. The van der Waals surface area contributed by atoms with Crippen LogP contribution in [-0.2, 0) is 17.6 Å². The molecule has 1 aliphatic carbocycles. The van der Waals surface area contributed by atoms with Crippen LogP contribution in [0.5, 0.6) is 0 Å². The molecule has 1 aromatic heterocycles. The highest BCUT2D eigenvalue weighted by atomic mass is 16.6. The molecule has 24 heavy (non-hydrogen) atoms. The predicted molar refractivity (Wildman–Crippen MR) is 85.6 cm³/mol. The van der Waals surface area contributed by atoms with Crippen LogP contribution in [0.15, 0.2) is 24.3 Å². The number of primary amides is 1. The van der Waals surface area contributed by atoms with Gasteiger partial charge in [0, 0.05) is 11.9 Å². The second kappa shape index (κ2) is 4.45. The van der Waals surface area contributed by atoms with E-state index in [1.54, 1.807) is 6.07 Å². The number of carbonyl (C=O) groups is 2. The molecule has 3 heterocycles. The van der Waals surface area contributed by atoms with Gasteiger partial charge in [-0.2, -0.15) is 0 Å². The molecule has 0 bridgehead atoms. The average Bonchev–Trinajstić information content (AvgIpc) is 3.26. The normalized spacial score (nSPS) is 30.2. The summed E-state index contributed by atoms with van der Waals surface area (Å²) in [5.41, 5.74) is 8.24. The molecule has 2 saturated heterocycles. The maximum absolute atomic E-state index is 12.0. The number of nitrogens with one attached hydrogen (secondary N) is 2. The van der Waals surface area contributed by atoms with Crippen LogP contribution in [0, 0.1) is 0 Å². The molecule has 0 saturated carbocycles. The Labute approximate surface area is 137 Å². The van der Waals surface area contributed by atoms with Crippen LogP contribution in [0.2, 0.25) is 0 Å². The molecule has 5 rings (SSSR count). The molecule has 4 N–H and O–H groups in total. The largest absolute Gasteiger partial charge is 0.365 e. The Morgan fingerprint density at radius 1 is 1.29 bits per heavy atom. The minimum absolute atomic E-state index is 0.0427. The zero-order valence-electron chi connectivity index (χ0n) is 12.8. The summed E-state index contributed by atoms with van der Waals surface area (Å²) in [7, 11) is 0. The highest BCUT2D eigenvalue weighted by molar-refractivity contribution is 5.94. The van der Waals surface area contributed by atoms with E-state index in [1.807, 2.05) is 12.1 Å². The van der Waals surface area contributed by atoms with Crippen molar-refractivity contribution in [2.45, 2.75) is 30.6 Å². The first-order valence-corrected chi connectivity index (χ1v) is 7.98. The third-order valence-corrected chi connectivity index (χ3v) is 5.23. The van der Waals surface area contributed by atoms with E-state index in [-0.39, 0.29) is 23.9 Å². The van der Waals surface area contributed by atoms with Crippen molar-refractivity contribution in [3.8, 4) is 0 Å². The molecule has 2 aromatic rings. The van der Waals surface area contributed by atoms with E-state index in [0.29, 0.717) is 13.0 Å². The molecule has 1 aromatic carbocycles. The summed E-state index contributed by atoms with van der Waals surface area (Å²) >= 11 is 0. The van der Waals surface area contributed by atoms with Gasteiger partial charge in [0.15, 0.2) is 0 Å². The van der Waals surface area contributed by atoms with Crippen LogP contribution in [0.4, 0.5) is 4.79 Å². The molecule has 0 radical (unpaired) electrons. The molecule has 2 aliphatic heterocycles. The number of ether oxygens (including phenoxy) is 1.